The Morgan fingerprint density at radius 3 is 2.83 bits per heavy atom. The van der Waals surface area contributed by atoms with E-state index in [0.29, 0.717) is 0 Å². The van der Waals surface area contributed by atoms with Gasteiger partial charge >= 0.3 is 5.97 Å². The summed E-state index contributed by atoms with van der Waals surface area (Å²) >= 11 is 0. The summed E-state index contributed by atoms with van der Waals surface area (Å²) in [6.45, 7) is 3.34. The van der Waals surface area contributed by atoms with Crippen molar-refractivity contribution in [1.82, 2.24) is 14.7 Å². The average molecular weight is 249 g/mol. The van der Waals surface area contributed by atoms with Crippen LogP contribution in [0, 0.1) is 0 Å². The van der Waals surface area contributed by atoms with E-state index in [9.17, 15) is 9.59 Å². The largest absolute Gasteiger partial charge is 0.480 e. The van der Waals surface area contributed by atoms with Gasteiger partial charge in [-0.25, -0.2) is 0 Å². The van der Waals surface area contributed by atoms with Gasteiger partial charge < -0.3 is 10.0 Å². The summed E-state index contributed by atoms with van der Waals surface area (Å²) in [5.41, 5.74) is 0.761. The van der Waals surface area contributed by atoms with Crippen LogP contribution in [0.4, 0.5) is 0 Å². The fraction of sp³-hybridized carbons (Fsp3) is 0.250. The van der Waals surface area contributed by atoms with Crippen LogP contribution in [0.3, 0.4) is 0 Å². The Hall–Kier alpha value is -2.37. The van der Waals surface area contributed by atoms with E-state index in [2.05, 4.69) is 11.7 Å². The van der Waals surface area contributed by atoms with Gasteiger partial charge in [0.2, 0.25) is 5.91 Å². The average Bonchev–Trinajstić information content (AvgIpc) is 2.70. The molecule has 0 aromatic carbocycles. The van der Waals surface area contributed by atoms with Crippen molar-refractivity contribution in [2.75, 3.05) is 13.1 Å². The standard InChI is InChI=1S/C12H15N3O3/c1-3-8-15(9-12(17)18)11(16)5-4-10-6-7-13-14(10)2/h3-7H,1,8-9H2,2H3,(H,17,18). The molecular weight excluding hydrogens is 234 g/mol. The van der Waals surface area contributed by atoms with Crippen molar-refractivity contribution in [3.63, 3.8) is 0 Å². The molecule has 0 saturated heterocycles. The Balaban J connectivity index is 2.72. The summed E-state index contributed by atoms with van der Waals surface area (Å²) in [4.78, 5) is 23.6. The summed E-state index contributed by atoms with van der Waals surface area (Å²) in [5, 5.41) is 12.6. The van der Waals surface area contributed by atoms with Crippen molar-refractivity contribution in [2.45, 2.75) is 0 Å². The van der Waals surface area contributed by atoms with Crippen molar-refractivity contribution >= 4 is 18.0 Å². The number of nitrogens with zero attached hydrogens (tertiary/aromatic N) is 3. The second-order valence-electron chi connectivity index (χ2n) is 3.61. The Kier molecular flexibility index (Phi) is 4.86. The predicted molar refractivity (Wildman–Crippen MR) is 66.7 cm³/mol. The summed E-state index contributed by atoms with van der Waals surface area (Å²) in [7, 11) is 1.75. The topological polar surface area (TPSA) is 75.4 Å². The second-order valence-corrected chi connectivity index (χ2v) is 3.61. The first-order valence-corrected chi connectivity index (χ1v) is 5.32. The van der Waals surface area contributed by atoms with E-state index >= 15 is 0 Å². The summed E-state index contributed by atoms with van der Waals surface area (Å²) in [6, 6.07) is 1.75. The molecule has 1 aromatic rings. The van der Waals surface area contributed by atoms with Crippen LogP contribution in [0.5, 0.6) is 0 Å². The lowest BCUT2D eigenvalue weighted by molar-refractivity contribution is -0.142. The van der Waals surface area contributed by atoms with Crippen molar-refractivity contribution in [3.8, 4) is 0 Å². The van der Waals surface area contributed by atoms with Crippen LogP contribution in [-0.4, -0.2) is 44.8 Å². The van der Waals surface area contributed by atoms with Gasteiger partial charge in [-0.1, -0.05) is 6.08 Å². The van der Waals surface area contributed by atoms with Crippen LogP contribution in [0.25, 0.3) is 6.08 Å². The molecule has 6 nitrogen and oxygen atoms in total. The van der Waals surface area contributed by atoms with E-state index < -0.39 is 5.97 Å². The van der Waals surface area contributed by atoms with Crippen molar-refractivity contribution in [1.29, 1.82) is 0 Å². The van der Waals surface area contributed by atoms with E-state index in [1.54, 1.807) is 30.1 Å². The predicted octanol–water partition coefficient (Wildman–Crippen LogP) is 0.532. The Morgan fingerprint density at radius 2 is 2.33 bits per heavy atom. The number of carboxylic acid groups (broad SMARTS) is 1. The summed E-state index contributed by atoms with van der Waals surface area (Å²) in [6.07, 6.45) is 6.01. The highest BCUT2D eigenvalue weighted by Gasteiger charge is 2.12. The quantitative estimate of drug-likeness (QED) is 0.589. The van der Waals surface area contributed by atoms with Crippen LogP contribution in [0.15, 0.2) is 31.0 Å². The van der Waals surface area contributed by atoms with Gasteiger partial charge in [-0.3, -0.25) is 14.3 Å². The SMILES string of the molecule is C=CCN(CC(=O)O)C(=O)C=Cc1ccnn1C. The van der Waals surface area contributed by atoms with Gasteiger partial charge in [0.15, 0.2) is 0 Å². The molecule has 6 heteroatoms. The lowest BCUT2D eigenvalue weighted by Crippen LogP contribution is -2.34. The Morgan fingerprint density at radius 1 is 1.61 bits per heavy atom. The number of rotatable bonds is 6. The van der Waals surface area contributed by atoms with Crippen molar-refractivity contribution in [2.24, 2.45) is 7.05 Å². The fourth-order valence-electron chi connectivity index (χ4n) is 1.36. The molecule has 0 aliphatic rings. The second kappa shape index (κ2) is 6.39. The minimum atomic E-state index is -1.06. The number of carboxylic acids is 1. The number of amides is 1. The smallest absolute Gasteiger partial charge is 0.323 e. The maximum Gasteiger partial charge on any atom is 0.323 e. The molecule has 1 heterocycles. The van der Waals surface area contributed by atoms with Gasteiger partial charge in [0.25, 0.3) is 0 Å². The van der Waals surface area contributed by atoms with E-state index in [0.717, 1.165) is 5.69 Å². The minimum absolute atomic E-state index is 0.195. The van der Waals surface area contributed by atoms with Crippen molar-refractivity contribution < 1.29 is 14.7 Å². The molecule has 0 radical (unpaired) electrons. The minimum Gasteiger partial charge on any atom is -0.480 e. The molecule has 96 valence electrons. The lowest BCUT2D eigenvalue weighted by Gasteiger charge is -2.16. The zero-order valence-electron chi connectivity index (χ0n) is 10.1. The number of hydrogen-bond donors (Lipinski definition) is 1. The van der Waals surface area contributed by atoms with Crippen LogP contribution in [0.1, 0.15) is 5.69 Å². The number of aromatic nitrogens is 2. The Labute approximate surface area is 105 Å². The number of carbonyl (C=O) groups excluding carboxylic acids is 1. The summed E-state index contributed by atoms with van der Waals surface area (Å²) in [5.74, 6) is -1.43. The van der Waals surface area contributed by atoms with E-state index in [1.807, 2.05) is 0 Å². The molecule has 0 aliphatic heterocycles. The highest BCUT2D eigenvalue weighted by molar-refractivity contribution is 5.93. The van der Waals surface area contributed by atoms with Crippen LogP contribution in [0.2, 0.25) is 0 Å². The van der Waals surface area contributed by atoms with Gasteiger partial charge in [-0.15, -0.1) is 6.58 Å². The third-order valence-corrected chi connectivity index (χ3v) is 2.24. The molecule has 0 aliphatic carbocycles. The molecule has 1 aromatic heterocycles. The maximum absolute atomic E-state index is 11.8. The highest BCUT2D eigenvalue weighted by atomic mass is 16.4. The number of hydrogen-bond acceptors (Lipinski definition) is 3. The molecule has 0 atom stereocenters. The molecule has 18 heavy (non-hydrogen) atoms. The van der Waals surface area contributed by atoms with Gasteiger partial charge in [0.1, 0.15) is 6.54 Å². The molecule has 0 bridgehead atoms. The van der Waals surface area contributed by atoms with Crippen LogP contribution >= 0.6 is 0 Å². The molecule has 1 N–H and O–H groups in total. The van der Waals surface area contributed by atoms with Gasteiger partial charge in [0.05, 0.1) is 5.69 Å². The maximum atomic E-state index is 11.8. The zero-order chi connectivity index (χ0) is 13.5. The zero-order valence-corrected chi connectivity index (χ0v) is 10.1. The number of aryl methyl sites for hydroxylation is 1. The molecule has 0 unspecified atom stereocenters. The normalized spacial score (nSPS) is 10.5. The highest BCUT2D eigenvalue weighted by Crippen LogP contribution is 2.01. The van der Waals surface area contributed by atoms with Crippen LogP contribution < -0.4 is 0 Å². The first-order valence-electron chi connectivity index (χ1n) is 5.32. The van der Waals surface area contributed by atoms with Crippen molar-refractivity contribution in [3.05, 3.63) is 36.7 Å². The molecule has 0 spiro atoms. The van der Waals surface area contributed by atoms with Crippen LogP contribution in [-0.2, 0) is 16.6 Å². The first kappa shape index (κ1) is 13.7. The number of aliphatic carboxylic acids is 1. The number of carbonyl (C=O) groups is 2. The van der Waals surface area contributed by atoms with Gasteiger partial charge in [-0.2, -0.15) is 5.10 Å². The molecular formula is C12H15N3O3. The third-order valence-electron chi connectivity index (χ3n) is 2.24. The lowest BCUT2D eigenvalue weighted by atomic mass is 10.3. The van der Waals surface area contributed by atoms with Gasteiger partial charge in [0, 0.05) is 25.9 Å². The third kappa shape index (κ3) is 3.89. The fourth-order valence-corrected chi connectivity index (χ4v) is 1.36. The van der Waals surface area contributed by atoms with E-state index in [4.69, 9.17) is 5.11 Å². The molecule has 1 amide bonds. The van der Waals surface area contributed by atoms with E-state index in [1.165, 1.54) is 17.1 Å². The Bertz CT molecular complexity index is 477. The van der Waals surface area contributed by atoms with Gasteiger partial charge in [-0.05, 0) is 12.1 Å². The van der Waals surface area contributed by atoms with E-state index in [-0.39, 0.29) is 19.0 Å². The molecule has 0 fully saturated rings. The first-order chi connectivity index (χ1) is 8.54. The molecule has 0 saturated carbocycles. The molecule has 1 rings (SSSR count). The summed E-state index contributed by atoms with van der Waals surface area (Å²) < 4.78 is 1.61. The monoisotopic (exact) mass is 249 g/mol.